The molecule has 1 atom stereocenters. The van der Waals surface area contributed by atoms with Crippen LogP contribution in [0.15, 0.2) is 42.5 Å². The van der Waals surface area contributed by atoms with Crippen LogP contribution in [0.3, 0.4) is 0 Å². The molecule has 0 aromatic heterocycles. The van der Waals surface area contributed by atoms with Crippen LogP contribution in [-0.4, -0.2) is 5.97 Å². The molecule has 110 valence electrons. The largest absolute Gasteiger partial charge is 1.00 e. The Hall–Kier alpha value is -0.900. The number of rotatable bonds is 3. The molecule has 0 amide bonds. The number of hydrogen-bond donors (Lipinski definition) is 0. The minimum Gasteiger partial charge on any atom is -0.765 e. The SMILES string of the molecule is Cc1cc(C)c(C(=O)OP(=O)([O-])c2ccccc2)c(C)c1.[Na+]. The number of aryl methyl sites for hydroxylation is 3. The molecule has 2 aromatic rings. The molecule has 0 fully saturated rings. The van der Waals surface area contributed by atoms with Crippen molar-refractivity contribution < 1.29 is 48.3 Å². The van der Waals surface area contributed by atoms with Crippen molar-refractivity contribution in [1.82, 2.24) is 0 Å². The van der Waals surface area contributed by atoms with Crippen molar-refractivity contribution >= 4 is 18.9 Å². The van der Waals surface area contributed by atoms with Crippen LogP contribution in [-0.2, 0) is 9.09 Å². The normalized spacial score (nSPS) is 12.9. The maximum Gasteiger partial charge on any atom is 1.00 e. The monoisotopic (exact) mass is 326 g/mol. The second kappa shape index (κ2) is 7.58. The zero-order valence-corrected chi connectivity index (χ0v) is 16.0. The smallest absolute Gasteiger partial charge is 0.765 e. The van der Waals surface area contributed by atoms with Gasteiger partial charge in [0.2, 0.25) is 7.60 Å². The molecule has 22 heavy (non-hydrogen) atoms. The molecule has 2 aromatic carbocycles. The summed E-state index contributed by atoms with van der Waals surface area (Å²) in [5, 5.41) is -0.0132. The summed E-state index contributed by atoms with van der Waals surface area (Å²) in [6, 6.07) is 11.3. The molecule has 0 radical (unpaired) electrons. The van der Waals surface area contributed by atoms with Gasteiger partial charge < -0.3 is 9.42 Å². The van der Waals surface area contributed by atoms with E-state index >= 15 is 0 Å². The Morgan fingerprint density at radius 3 is 2.05 bits per heavy atom. The molecule has 0 saturated heterocycles. The third-order valence-corrected chi connectivity index (χ3v) is 4.49. The number of hydrogen-bond acceptors (Lipinski definition) is 4. The Bertz CT molecular complexity index is 705. The molecule has 0 bridgehead atoms. The molecule has 1 unspecified atom stereocenters. The van der Waals surface area contributed by atoms with Crippen LogP contribution in [0, 0.1) is 20.8 Å². The first-order chi connectivity index (χ1) is 9.81. The molecular weight excluding hydrogens is 310 g/mol. The van der Waals surface area contributed by atoms with Gasteiger partial charge >= 0.3 is 35.5 Å². The molecule has 2 rings (SSSR count). The molecule has 6 heteroatoms. The maximum atomic E-state index is 12.2. The summed E-state index contributed by atoms with van der Waals surface area (Å²) in [5.74, 6) is -0.841. The molecule has 0 N–H and O–H groups in total. The Morgan fingerprint density at radius 1 is 1.05 bits per heavy atom. The topological polar surface area (TPSA) is 66.4 Å². The average molecular weight is 326 g/mol. The van der Waals surface area contributed by atoms with Crippen molar-refractivity contribution in [3.05, 3.63) is 64.7 Å². The van der Waals surface area contributed by atoms with E-state index < -0.39 is 13.6 Å². The number of carbonyl (C=O) groups excluding carboxylic acids is 1. The predicted octanol–water partition coefficient (Wildman–Crippen LogP) is -0.348. The molecule has 0 aliphatic carbocycles. The summed E-state index contributed by atoms with van der Waals surface area (Å²) in [4.78, 5) is 24.3. The van der Waals surface area contributed by atoms with Gasteiger partial charge in [-0.2, -0.15) is 0 Å². The van der Waals surface area contributed by atoms with E-state index in [4.69, 9.17) is 4.52 Å². The van der Waals surface area contributed by atoms with Crippen molar-refractivity contribution in [1.29, 1.82) is 0 Å². The van der Waals surface area contributed by atoms with E-state index in [2.05, 4.69) is 0 Å². The van der Waals surface area contributed by atoms with Gasteiger partial charge in [0.05, 0.1) is 5.56 Å². The van der Waals surface area contributed by atoms with Crippen LogP contribution >= 0.6 is 7.60 Å². The first kappa shape index (κ1) is 19.1. The second-order valence-electron chi connectivity index (χ2n) is 4.99. The summed E-state index contributed by atoms with van der Waals surface area (Å²) < 4.78 is 16.9. The van der Waals surface area contributed by atoms with Crippen LogP contribution in [0.2, 0.25) is 0 Å². The predicted molar refractivity (Wildman–Crippen MR) is 79.8 cm³/mol. The van der Waals surface area contributed by atoms with Gasteiger partial charge in [-0.1, -0.05) is 35.9 Å². The minimum atomic E-state index is -4.42. The maximum absolute atomic E-state index is 12.2. The van der Waals surface area contributed by atoms with Gasteiger partial charge in [0.25, 0.3) is 0 Å². The molecule has 0 saturated carbocycles. The van der Waals surface area contributed by atoms with Gasteiger partial charge in [0.15, 0.2) is 0 Å². The Morgan fingerprint density at radius 2 is 1.55 bits per heavy atom. The van der Waals surface area contributed by atoms with E-state index in [1.54, 1.807) is 32.0 Å². The van der Waals surface area contributed by atoms with Crippen molar-refractivity contribution in [2.24, 2.45) is 0 Å². The summed E-state index contributed by atoms with van der Waals surface area (Å²) in [7, 11) is -4.42. The van der Waals surface area contributed by atoms with Crippen LogP contribution in [0.4, 0.5) is 0 Å². The van der Waals surface area contributed by atoms with Crippen molar-refractivity contribution in [2.45, 2.75) is 20.8 Å². The zero-order valence-electron chi connectivity index (χ0n) is 13.1. The number of carbonyl (C=O) groups is 1. The minimum absolute atomic E-state index is 0. The molecule has 4 nitrogen and oxygen atoms in total. The molecular formula is C16H16NaO4P. The van der Waals surface area contributed by atoms with Crippen molar-refractivity contribution in [3.8, 4) is 0 Å². The first-order valence-corrected chi connectivity index (χ1v) is 8.04. The third-order valence-electron chi connectivity index (χ3n) is 3.16. The van der Waals surface area contributed by atoms with E-state index in [9.17, 15) is 14.3 Å². The van der Waals surface area contributed by atoms with Gasteiger partial charge in [-0.15, -0.1) is 0 Å². The van der Waals surface area contributed by atoms with Crippen LogP contribution in [0.25, 0.3) is 0 Å². The first-order valence-electron chi connectivity index (χ1n) is 6.49. The number of benzene rings is 2. The molecule has 0 aliphatic heterocycles. The quantitative estimate of drug-likeness (QED) is 0.571. The second-order valence-corrected chi connectivity index (χ2v) is 6.68. The van der Waals surface area contributed by atoms with Crippen molar-refractivity contribution in [3.63, 3.8) is 0 Å². The van der Waals surface area contributed by atoms with E-state index in [0.29, 0.717) is 16.7 Å². The van der Waals surface area contributed by atoms with Gasteiger partial charge in [-0.25, -0.2) is 4.79 Å². The average Bonchev–Trinajstić information content (AvgIpc) is 2.37. The van der Waals surface area contributed by atoms with E-state index in [0.717, 1.165) is 5.56 Å². The van der Waals surface area contributed by atoms with Crippen LogP contribution in [0.1, 0.15) is 27.0 Å². The molecule has 0 heterocycles. The summed E-state index contributed by atoms with van der Waals surface area (Å²) in [6.07, 6.45) is 0. The Labute approximate surface area is 152 Å². The standard InChI is InChI=1S/C16H17O4P.Na/c1-11-9-12(2)15(13(3)10-11)16(17)20-21(18,19)14-7-5-4-6-8-14;/h4-10H,1-3H3,(H,18,19);/q;+1/p-1. The fourth-order valence-electron chi connectivity index (χ4n) is 2.32. The van der Waals surface area contributed by atoms with E-state index in [-0.39, 0.29) is 34.9 Å². The Balaban J connectivity index is 0.00000242. The van der Waals surface area contributed by atoms with Crippen LogP contribution < -0.4 is 39.8 Å². The van der Waals surface area contributed by atoms with Gasteiger partial charge in [-0.3, -0.25) is 4.57 Å². The zero-order chi connectivity index (χ0) is 15.6. The summed E-state index contributed by atoms with van der Waals surface area (Å²) in [5.41, 5.74) is 2.71. The van der Waals surface area contributed by atoms with Crippen molar-refractivity contribution in [2.75, 3.05) is 0 Å². The summed E-state index contributed by atoms with van der Waals surface area (Å²) >= 11 is 0. The van der Waals surface area contributed by atoms with E-state index in [1.165, 1.54) is 12.1 Å². The fraction of sp³-hybridized carbons (Fsp3) is 0.188. The van der Waals surface area contributed by atoms with Crippen LogP contribution in [0.5, 0.6) is 0 Å². The summed E-state index contributed by atoms with van der Waals surface area (Å²) in [6.45, 7) is 5.43. The van der Waals surface area contributed by atoms with Gasteiger partial charge in [0.1, 0.15) is 0 Å². The third kappa shape index (κ3) is 4.31. The molecule has 0 spiro atoms. The Kier molecular flexibility index (Phi) is 6.60. The van der Waals surface area contributed by atoms with E-state index in [1.807, 2.05) is 19.1 Å². The molecule has 0 aliphatic rings. The van der Waals surface area contributed by atoms with Gasteiger partial charge in [0, 0.05) is 5.30 Å². The van der Waals surface area contributed by atoms with Gasteiger partial charge in [-0.05, 0) is 44.0 Å². The fourth-order valence-corrected chi connectivity index (χ4v) is 3.27.